The lowest BCUT2D eigenvalue weighted by Gasteiger charge is -2.37. The zero-order valence-corrected chi connectivity index (χ0v) is 15.4. The van der Waals surface area contributed by atoms with Gasteiger partial charge < -0.3 is 24.6 Å². The molecule has 0 aromatic heterocycles. The molecule has 2 rings (SSSR count). The summed E-state index contributed by atoms with van der Waals surface area (Å²) in [5.41, 5.74) is 0.471. The fraction of sp³-hybridized carbons (Fsp3) is 0.611. The van der Waals surface area contributed by atoms with Crippen molar-refractivity contribution in [1.29, 1.82) is 0 Å². The number of methoxy groups -OCH3 is 2. The van der Waals surface area contributed by atoms with Crippen molar-refractivity contribution in [2.75, 3.05) is 46.9 Å². The highest BCUT2D eigenvalue weighted by molar-refractivity contribution is 5.75. The maximum Gasteiger partial charge on any atom is 0.318 e. The van der Waals surface area contributed by atoms with Crippen LogP contribution in [-0.2, 0) is 5.54 Å². The van der Waals surface area contributed by atoms with Crippen molar-refractivity contribution in [2.24, 2.45) is 0 Å². The van der Waals surface area contributed by atoms with Gasteiger partial charge in [0.25, 0.3) is 0 Å². The molecule has 1 aliphatic rings. The fourth-order valence-corrected chi connectivity index (χ4v) is 2.91. The van der Waals surface area contributed by atoms with Crippen LogP contribution < -0.4 is 14.8 Å². The second-order valence-corrected chi connectivity index (χ2v) is 6.55. The zero-order valence-electron chi connectivity index (χ0n) is 15.4. The fourth-order valence-electron chi connectivity index (χ4n) is 2.91. The van der Waals surface area contributed by atoms with Gasteiger partial charge in [0, 0.05) is 26.2 Å². The number of rotatable bonds is 5. The molecule has 6 nitrogen and oxygen atoms in total. The quantitative estimate of drug-likeness (QED) is 0.897. The maximum absolute atomic E-state index is 12.6. The molecule has 24 heavy (non-hydrogen) atoms. The minimum absolute atomic E-state index is 0.0227. The summed E-state index contributed by atoms with van der Waals surface area (Å²) in [6.45, 7) is 10.6. The minimum atomic E-state index is -0.501. The topological polar surface area (TPSA) is 54.0 Å². The van der Waals surface area contributed by atoms with Gasteiger partial charge in [-0.3, -0.25) is 0 Å². The normalized spacial score (nSPS) is 16.0. The van der Waals surface area contributed by atoms with Gasteiger partial charge in [0.05, 0.1) is 19.8 Å². The summed E-state index contributed by atoms with van der Waals surface area (Å²) in [4.78, 5) is 16.8. The first-order valence-electron chi connectivity index (χ1n) is 8.43. The van der Waals surface area contributed by atoms with Crippen molar-refractivity contribution in [1.82, 2.24) is 15.1 Å². The average molecular weight is 335 g/mol. The van der Waals surface area contributed by atoms with E-state index in [1.54, 1.807) is 14.2 Å². The lowest BCUT2D eigenvalue weighted by atomic mass is 9.94. The van der Waals surface area contributed by atoms with Crippen LogP contribution in [0.5, 0.6) is 11.5 Å². The van der Waals surface area contributed by atoms with Gasteiger partial charge in [0.15, 0.2) is 11.5 Å². The summed E-state index contributed by atoms with van der Waals surface area (Å²) in [5, 5.41) is 3.14. The Morgan fingerprint density at radius 2 is 1.75 bits per heavy atom. The van der Waals surface area contributed by atoms with Gasteiger partial charge in [-0.25, -0.2) is 4.79 Å². The van der Waals surface area contributed by atoms with E-state index in [0.717, 1.165) is 38.3 Å². The van der Waals surface area contributed by atoms with E-state index in [-0.39, 0.29) is 6.03 Å². The SMILES string of the molecule is CCN1CCN(C(=O)NC(C)(C)c2ccc(OC)c(OC)c2)CC1. The van der Waals surface area contributed by atoms with Gasteiger partial charge >= 0.3 is 6.03 Å². The molecule has 0 spiro atoms. The first-order valence-corrected chi connectivity index (χ1v) is 8.43. The van der Waals surface area contributed by atoms with Crippen LogP contribution in [0.15, 0.2) is 18.2 Å². The summed E-state index contributed by atoms with van der Waals surface area (Å²) >= 11 is 0. The molecule has 1 heterocycles. The second-order valence-electron chi connectivity index (χ2n) is 6.55. The number of amides is 2. The van der Waals surface area contributed by atoms with Crippen LogP contribution in [0.4, 0.5) is 4.79 Å². The van der Waals surface area contributed by atoms with Crippen molar-refractivity contribution in [3.8, 4) is 11.5 Å². The highest BCUT2D eigenvalue weighted by Crippen LogP contribution is 2.32. The third-order valence-electron chi connectivity index (χ3n) is 4.63. The highest BCUT2D eigenvalue weighted by atomic mass is 16.5. The van der Waals surface area contributed by atoms with Crippen LogP contribution in [0.2, 0.25) is 0 Å². The number of hydrogen-bond acceptors (Lipinski definition) is 4. The summed E-state index contributed by atoms with van der Waals surface area (Å²) in [6.07, 6.45) is 0. The van der Waals surface area contributed by atoms with E-state index in [1.165, 1.54) is 0 Å². The molecule has 0 unspecified atom stereocenters. The molecule has 134 valence electrons. The molecule has 0 saturated carbocycles. The monoisotopic (exact) mass is 335 g/mol. The number of likely N-dealkylation sites (N-methyl/N-ethyl adjacent to an activating group) is 1. The van der Waals surface area contributed by atoms with E-state index < -0.39 is 5.54 Å². The summed E-state index contributed by atoms with van der Waals surface area (Å²) in [6, 6.07) is 5.71. The lowest BCUT2D eigenvalue weighted by molar-refractivity contribution is 0.137. The third kappa shape index (κ3) is 4.12. The zero-order chi connectivity index (χ0) is 17.7. The van der Waals surface area contributed by atoms with Crippen LogP contribution in [0, 0.1) is 0 Å². The molecule has 2 amide bonds. The Hall–Kier alpha value is -1.95. The van der Waals surface area contributed by atoms with Gasteiger partial charge in [-0.05, 0) is 38.1 Å². The molecule has 6 heteroatoms. The molecule has 1 saturated heterocycles. The van der Waals surface area contributed by atoms with Crippen molar-refractivity contribution in [2.45, 2.75) is 26.3 Å². The van der Waals surface area contributed by atoms with E-state index >= 15 is 0 Å². The van der Waals surface area contributed by atoms with Gasteiger partial charge in [-0.2, -0.15) is 0 Å². The van der Waals surface area contributed by atoms with Gasteiger partial charge in [-0.15, -0.1) is 0 Å². The molecule has 1 aliphatic heterocycles. The minimum Gasteiger partial charge on any atom is -0.493 e. The third-order valence-corrected chi connectivity index (χ3v) is 4.63. The van der Waals surface area contributed by atoms with Gasteiger partial charge in [-0.1, -0.05) is 13.0 Å². The van der Waals surface area contributed by atoms with Gasteiger partial charge in [0.2, 0.25) is 0 Å². The molecule has 1 aromatic carbocycles. The lowest BCUT2D eigenvalue weighted by Crippen LogP contribution is -2.54. The number of nitrogens with one attached hydrogen (secondary N) is 1. The number of benzene rings is 1. The van der Waals surface area contributed by atoms with Crippen LogP contribution in [0.1, 0.15) is 26.3 Å². The van der Waals surface area contributed by atoms with E-state index in [4.69, 9.17) is 9.47 Å². The van der Waals surface area contributed by atoms with Crippen LogP contribution in [-0.4, -0.2) is 62.8 Å². The predicted molar refractivity (Wildman–Crippen MR) is 94.8 cm³/mol. The number of urea groups is 1. The Morgan fingerprint density at radius 3 is 2.29 bits per heavy atom. The van der Waals surface area contributed by atoms with Crippen molar-refractivity contribution >= 4 is 6.03 Å². The summed E-state index contributed by atoms with van der Waals surface area (Å²) in [5.74, 6) is 1.34. The molecular weight excluding hydrogens is 306 g/mol. The average Bonchev–Trinajstić information content (AvgIpc) is 2.60. The van der Waals surface area contributed by atoms with Gasteiger partial charge in [0.1, 0.15) is 0 Å². The molecule has 0 atom stereocenters. The molecule has 1 N–H and O–H groups in total. The van der Waals surface area contributed by atoms with E-state index in [9.17, 15) is 4.79 Å². The van der Waals surface area contributed by atoms with E-state index in [2.05, 4.69) is 17.1 Å². The number of nitrogens with zero attached hydrogens (tertiary/aromatic N) is 2. The van der Waals surface area contributed by atoms with Crippen molar-refractivity contribution in [3.63, 3.8) is 0 Å². The first-order chi connectivity index (χ1) is 11.4. The maximum atomic E-state index is 12.6. The Morgan fingerprint density at radius 1 is 1.12 bits per heavy atom. The predicted octanol–water partition coefficient (Wildman–Crippen LogP) is 2.29. The highest BCUT2D eigenvalue weighted by Gasteiger charge is 2.28. The number of hydrogen-bond donors (Lipinski definition) is 1. The first kappa shape index (κ1) is 18.4. The van der Waals surface area contributed by atoms with Crippen molar-refractivity contribution in [3.05, 3.63) is 23.8 Å². The second kappa shape index (κ2) is 7.75. The molecule has 0 radical (unpaired) electrons. The Bertz CT molecular complexity index is 567. The molecule has 0 bridgehead atoms. The van der Waals surface area contributed by atoms with E-state index in [0.29, 0.717) is 11.5 Å². The summed E-state index contributed by atoms with van der Waals surface area (Å²) < 4.78 is 10.6. The van der Waals surface area contributed by atoms with Crippen LogP contribution in [0.3, 0.4) is 0 Å². The number of piperazine rings is 1. The number of carbonyl (C=O) groups excluding carboxylic acids is 1. The number of ether oxygens (including phenoxy) is 2. The standard InChI is InChI=1S/C18H29N3O3/c1-6-20-9-11-21(12-10-20)17(22)19-18(2,3)14-7-8-15(23-4)16(13-14)24-5/h7-8,13H,6,9-12H2,1-5H3,(H,19,22). The molecule has 1 fully saturated rings. The Kier molecular flexibility index (Phi) is 5.94. The Balaban J connectivity index is 2.06. The molecule has 0 aliphatic carbocycles. The van der Waals surface area contributed by atoms with E-state index in [1.807, 2.05) is 36.9 Å². The summed E-state index contributed by atoms with van der Waals surface area (Å²) in [7, 11) is 3.22. The largest absolute Gasteiger partial charge is 0.493 e. The molecule has 1 aromatic rings. The van der Waals surface area contributed by atoms with Crippen LogP contribution >= 0.6 is 0 Å². The smallest absolute Gasteiger partial charge is 0.318 e. The Labute approximate surface area is 144 Å². The molecular formula is C18H29N3O3. The van der Waals surface area contributed by atoms with Crippen molar-refractivity contribution < 1.29 is 14.3 Å². The van der Waals surface area contributed by atoms with Crippen LogP contribution in [0.25, 0.3) is 0 Å². The number of carbonyl (C=O) groups is 1.